The van der Waals surface area contributed by atoms with Crippen molar-refractivity contribution in [2.24, 2.45) is 5.41 Å². The van der Waals surface area contributed by atoms with Crippen LogP contribution in [0.25, 0.3) is 0 Å². The van der Waals surface area contributed by atoms with Crippen molar-refractivity contribution in [1.82, 2.24) is 10.3 Å². The van der Waals surface area contributed by atoms with E-state index in [-0.39, 0.29) is 5.41 Å². The summed E-state index contributed by atoms with van der Waals surface area (Å²) < 4.78 is 0.835. The zero-order chi connectivity index (χ0) is 11.3. The van der Waals surface area contributed by atoms with Gasteiger partial charge in [-0.15, -0.1) is 0 Å². The van der Waals surface area contributed by atoms with E-state index in [9.17, 15) is 0 Å². The minimum Gasteiger partial charge on any atom is -0.310 e. The Labute approximate surface area is 98.7 Å². The van der Waals surface area contributed by atoms with Gasteiger partial charge in [-0.25, -0.2) is 4.98 Å². The molecule has 0 aromatic carbocycles. The van der Waals surface area contributed by atoms with E-state index < -0.39 is 0 Å². The van der Waals surface area contributed by atoms with Crippen LogP contribution in [0.3, 0.4) is 0 Å². The zero-order valence-electron chi connectivity index (χ0n) is 8.92. The number of nitrogens with zero attached hydrogens (tertiary/aromatic N) is 2. The molecule has 1 aromatic heterocycles. The molecule has 0 amide bonds. The molecular weight excluding hydrogens is 254 g/mol. The van der Waals surface area contributed by atoms with Crippen molar-refractivity contribution in [3.63, 3.8) is 0 Å². The molecule has 0 saturated heterocycles. The van der Waals surface area contributed by atoms with Crippen molar-refractivity contribution < 1.29 is 0 Å². The Hall–Kier alpha value is -0.920. The van der Waals surface area contributed by atoms with Gasteiger partial charge in [0.05, 0.1) is 17.2 Å². The van der Waals surface area contributed by atoms with Gasteiger partial charge < -0.3 is 5.32 Å². The highest BCUT2D eigenvalue weighted by atomic mass is 79.9. The molecule has 3 nitrogen and oxygen atoms in total. The first kappa shape index (κ1) is 12.2. The van der Waals surface area contributed by atoms with Gasteiger partial charge in [-0.1, -0.05) is 6.07 Å². The van der Waals surface area contributed by atoms with E-state index in [1.54, 1.807) is 0 Å². The van der Waals surface area contributed by atoms with Crippen LogP contribution < -0.4 is 5.32 Å². The van der Waals surface area contributed by atoms with E-state index in [1.165, 1.54) is 0 Å². The molecular formula is C11H14BrN3. The highest BCUT2D eigenvalue weighted by Crippen LogP contribution is 2.11. The predicted octanol–water partition coefficient (Wildman–Crippen LogP) is 2.48. The van der Waals surface area contributed by atoms with Crippen LogP contribution in [-0.4, -0.2) is 11.5 Å². The van der Waals surface area contributed by atoms with Crippen LogP contribution in [-0.2, 0) is 6.54 Å². The van der Waals surface area contributed by atoms with Crippen LogP contribution in [0, 0.1) is 16.7 Å². The van der Waals surface area contributed by atoms with E-state index in [0.29, 0.717) is 13.1 Å². The summed E-state index contributed by atoms with van der Waals surface area (Å²) in [6, 6.07) is 8.04. The standard InChI is InChI=1S/C11H14BrN3/c1-11(2,7-13)8-14-6-9-4-3-5-10(12)15-9/h3-5,14H,6,8H2,1-2H3. The third kappa shape index (κ3) is 4.41. The first-order valence-corrected chi connectivity index (χ1v) is 5.56. The van der Waals surface area contributed by atoms with Crippen LogP contribution in [0.4, 0.5) is 0 Å². The second kappa shape index (κ2) is 5.24. The first-order chi connectivity index (χ1) is 7.03. The van der Waals surface area contributed by atoms with E-state index in [4.69, 9.17) is 5.26 Å². The fraction of sp³-hybridized carbons (Fsp3) is 0.455. The minimum absolute atomic E-state index is 0.327. The highest BCUT2D eigenvalue weighted by molar-refractivity contribution is 9.10. The summed E-state index contributed by atoms with van der Waals surface area (Å²) in [7, 11) is 0. The van der Waals surface area contributed by atoms with Crippen LogP contribution >= 0.6 is 15.9 Å². The van der Waals surface area contributed by atoms with Crippen molar-refractivity contribution >= 4 is 15.9 Å². The molecule has 0 spiro atoms. The lowest BCUT2D eigenvalue weighted by Gasteiger charge is -2.15. The summed E-state index contributed by atoms with van der Waals surface area (Å²) in [4.78, 5) is 4.29. The van der Waals surface area contributed by atoms with Gasteiger partial charge in [0, 0.05) is 13.1 Å². The van der Waals surface area contributed by atoms with Gasteiger partial charge in [-0.3, -0.25) is 0 Å². The normalized spacial score (nSPS) is 11.1. The number of hydrogen-bond donors (Lipinski definition) is 1. The molecule has 0 fully saturated rings. The van der Waals surface area contributed by atoms with Crippen molar-refractivity contribution in [3.05, 3.63) is 28.5 Å². The number of rotatable bonds is 4. The summed E-state index contributed by atoms with van der Waals surface area (Å²) in [5.74, 6) is 0. The summed E-state index contributed by atoms with van der Waals surface area (Å²) in [5.41, 5.74) is 0.643. The molecule has 4 heteroatoms. The quantitative estimate of drug-likeness (QED) is 0.853. The van der Waals surface area contributed by atoms with Gasteiger partial charge in [0.1, 0.15) is 4.60 Å². The molecule has 0 atom stereocenters. The van der Waals surface area contributed by atoms with E-state index in [0.717, 1.165) is 10.3 Å². The molecule has 0 aliphatic rings. The smallest absolute Gasteiger partial charge is 0.106 e. The fourth-order valence-corrected chi connectivity index (χ4v) is 1.47. The number of aromatic nitrogens is 1. The Balaban J connectivity index is 2.42. The molecule has 0 aliphatic carbocycles. The van der Waals surface area contributed by atoms with Gasteiger partial charge in [-0.05, 0) is 41.9 Å². The van der Waals surface area contributed by atoms with Crippen molar-refractivity contribution in [2.75, 3.05) is 6.54 Å². The summed E-state index contributed by atoms with van der Waals surface area (Å²) in [6.45, 7) is 5.17. The van der Waals surface area contributed by atoms with Crippen LogP contribution in [0.2, 0.25) is 0 Å². The maximum Gasteiger partial charge on any atom is 0.106 e. The topological polar surface area (TPSA) is 48.7 Å². The predicted molar refractivity (Wildman–Crippen MR) is 63.0 cm³/mol. The van der Waals surface area contributed by atoms with Crippen molar-refractivity contribution in [2.45, 2.75) is 20.4 Å². The number of pyridine rings is 1. The highest BCUT2D eigenvalue weighted by Gasteiger charge is 2.15. The first-order valence-electron chi connectivity index (χ1n) is 4.77. The molecule has 1 aromatic rings. The molecule has 0 aliphatic heterocycles. The van der Waals surface area contributed by atoms with Gasteiger partial charge >= 0.3 is 0 Å². The van der Waals surface area contributed by atoms with E-state index >= 15 is 0 Å². The molecule has 0 bridgehead atoms. The van der Waals surface area contributed by atoms with Gasteiger partial charge in [0.2, 0.25) is 0 Å². The molecule has 15 heavy (non-hydrogen) atoms. The average Bonchev–Trinajstić information content (AvgIpc) is 2.18. The Bertz CT molecular complexity index is 368. The molecule has 0 unspecified atom stereocenters. The van der Waals surface area contributed by atoms with Crippen LogP contribution in [0.5, 0.6) is 0 Å². The van der Waals surface area contributed by atoms with Crippen molar-refractivity contribution in [3.8, 4) is 6.07 Å². The Morgan fingerprint density at radius 3 is 2.87 bits per heavy atom. The summed E-state index contributed by atoms with van der Waals surface area (Å²) >= 11 is 3.32. The van der Waals surface area contributed by atoms with E-state index in [1.807, 2.05) is 32.0 Å². The lowest BCUT2D eigenvalue weighted by atomic mass is 9.96. The molecule has 1 heterocycles. The van der Waals surface area contributed by atoms with Gasteiger partial charge in [0.15, 0.2) is 0 Å². The average molecular weight is 268 g/mol. The summed E-state index contributed by atoms with van der Waals surface area (Å²) in [5, 5.41) is 12.0. The fourth-order valence-electron chi connectivity index (χ4n) is 1.09. The SMILES string of the molecule is CC(C)(C#N)CNCc1cccc(Br)n1. The number of hydrogen-bond acceptors (Lipinski definition) is 3. The maximum absolute atomic E-state index is 8.82. The second-order valence-corrected chi connectivity index (χ2v) is 4.86. The Morgan fingerprint density at radius 1 is 1.53 bits per heavy atom. The number of nitrogens with one attached hydrogen (secondary N) is 1. The lowest BCUT2D eigenvalue weighted by molar-refractivity contribution is 0.443. The molecule has 1 rings (SSSR count). The van der Waals surface area contributed by atoms with E-state index in [2.05, 4.69) is 32.3 Å². The molecule has 0 saturated carbocycles. The number of halogens is 1. The third-order valence-corrected chi connectivity index (χ3v) is 2.39. The largest absolute Gasteiger partial charge is 0.310 e. The summed E-state index contributed by atoms with van der Waals surface area (Å²) in [6.07, 6.45) is 0. The minimum atomic E-state index is -0.327. The van der Waals surface area contributed by atoms with Gasteiger partial charge in [-0.2, -0.15) is 5.26 Å². The Kier molecular flexibility index (Phi) is 4.25. The second-order valence-electron chi connectivity index (χ2n) is 4.05. The molecule has 1 N–H and O–H groups in total. The van der Waals surface area contributed by atoms with Crippen LogP contribution in [0.15, 0.2) is 22.8 Å². The van der Waals surface area contributed by atoms with Crippen LogP contribution in [0.1, 0.15) is 19.5 Å². The molecule has 80 valence electrons. The van der Waals surface area contributed by atoms with Gasteiger partial charge in [0.25, 0.3) is 0 Å². The maximum atomic E-state index is 8.82. The third-order valence-electron chi connectivity index (χ3n) is 1.95. The lowest BCUT2D eigenvalue weighted by Crippen LogP contribution is -2.27. The Morgan fingerprint density at radius 2 is 2.27 bits per heavy atom. The molecule has 0 radical (unpaired) electrons. The number of nitriles is 1. The van der Waals surface area contributed by atoms with Crippen molar-refractivity contribution in [1.29, 1.82) is 5.26 Å². The monoisotopic (exact) mass is 267 g/mol. The zero-order valence-corrected chi connectivity index (χ0v) is 10.5.